The summed E-state index contributed by atoms with van der Waals surface area (Å²) in [5.74, 6) is 0.920. The first-order chi connectivity index (χ1) is 17.7. The van der Waals surface area contributed by atoms with Gasteiger partial charge in [0, 0.05) is 29.3 Å². The standard InChI is InChI=1S/C27H35FN2O.C4H10.C3H8/c1-15(2)11-27(24-14-29-20(8)26(24)31)10-9-21(19(27)7)25-18(6)23(13-30-25)22(12-28)17(5)16(3)4;1-4(2)3;1-3-2/h9,13-15,20,22,25,29-30H,3,5-7,10-12H2,1-2,4,8H3;4H,1-3H3;3H2,1-2H3/t20-,22-,25+,27-;;/m0../s1. The van der Waals surface area contributed by atoms with E-state index in [-0.39, 0.29) is 17.9 Å². The van der Waals surface area contributed by atoms with E-state index in [1.807, 2.05) is 26.2 Å². The van der Waals surface area contributed by atoms with Gasteiger partial charge in [0.05, 0.1) is 12.1 Å². The Morgan fingerprint density at radius 3 is 2.08 bits per heavy atom. The summed E-state index contributed by atoms with van der Waals surface area (Å²) in [5.41, 5.74) is 5.52. The molecule has 0 bridgehead atoms. The van der Waals surface area contributed by atoms with Crippen LogP contribution in [0.5, 0.6) is 0 Å². The number of ketones is 1. The van der Waals surface area contributed by atoms with Gasteiger partial charge in [-0.1, -0.05) is 92.9 Å². The first-order valence-electron chi connectivity index (χ1n) is 14.2. The second kappa shape index (κ2) is 14.5. The van der Waals surface area contributed by atoms with Crippen LogP contribution in [0.1, 0.15) is 81.6 Å². The van der Waals surface area contributed by atoms with Gasteiger partial charge in [-0.05, 0) is 66.4 Å². The number of hydrogen-bond acceptors (Lipinski definition) is 3. The van der Waals surface area contributed by atoms with Crippen LogP contribution in [0, 0.1) is 23.2 Å². The minimum atomic E-state index is -0.548. The molecule has 212 valence electrons. The molecule has 4 heteroatoms. The fourth-order valence-electron chi connectivity index (χ4n) is 5.14. The summed E-state index contributed by atoms with van der Waals surface area (Å²) in [6.45, 7) is 35.0. The Bertz CT molecular complexity index is 1010. The van der Waals surface area contributed by atoms with E-state index in [2.05, 4.69) is 91.5 Å². The molecule has 2 aliphatic heterocycles. The molecule has 3 nitrogen and oxygen atoms in total. The van der Waals surface area contributed by atoms with Crippen LogP contribution in [0.25, 0.3) is 0 Å². The third-order valence-corrected chi connectivity index (χ3v) is 6.94. The summed E-state index contributed by atoms with van der Waals surface area (Å²) in [6, 6.07) is -0.381. The smallest absolute Gasteiger partial charge is 0.183 e. The van der Waals surface area contributed by atoms with Gasteiger partial charge in [0.2, 0.25) is 0 Å². The van der Waals surface area contributed by atoms with E-state index in [1.165, 1.54) is 6.42 Å². The molecule has 4 atom stereocenters. The van der Waals surface area contributed by atoms with Gasteiger partial charge >= 0.3 is 0 Å². The summed E-state index contributed by atoms with van der Waals surface area (Å²) >= 11 is 0. The highest BCUT2D eigenvalue weighted by atomic mass is 19.1. The van der Waals surface area contributed by atoms with Gasteiger partial charge in [-0.2, -0.15) is 0 Å². The van der Waals surface area contributed by atoms with Crippen molar-refractivity contribution in [3.8, 4) is 0 Å². The predicted molar refractivity (Wildman–Crippen MR) is 163 cm³/mol. The number of nitrogens with one attached hydrogen (secondary N) is 2. The lowest BCUT2D eigenvalue weighted by Gasteiger charge is -2.35. The van der Waals surface area contributed by atoms with Crippen molar-refractivity contribution in [3.63, 3.8) is 0 Å². The van der Waals surface area contributed by atoms with Crippen molar-refractivity contribution >= 4 is 5.78 Å². The highest BCUT2D eigenvalue weighted by Gasteiger charge is 2.48. The molecular weight excluding hydrogens is 471 g/mol. The first kappa shape index (κ1) is 33.4. The van der Waals surface area contributed by atoms with Crippen molar-refractivity contribution in [2.75, 3.05) is 6.67 Å². The maximum absolute atomic E-state index is 13.9. The van der Waals surface area contributed by atoms with Crippen molar-refractivity contribution < 1.29 is 9.18 Å². The van der Waals surface area contributed by atoms with E-state index in [0.29, 0.717) is 11.5 Å². The fourth-order valence-corrected chi connectivity index (χ4v) is 5.14. The molecule has 0 fully saturated rings. The molecule has 0 saturated heterocycles. The zero-order valence-electron chi connectivity index (χ0n) is 25.6. The summed E-state index contributed by atoms with van der Waals surface area (Å²) in [7, 11) is 0. The Hall–Kier alpha value is -2.62. The molecular formula is C34H53FN2O. The van der Waals surface area contributed by atoms with Crippen LogP contribution >= 0.6 is 0 Å². The molecule has 0 aromatic carbocycles. The van der Waals surface area contributed by atoms with Gasteiger partial charge < -0.3 is 10.6 Å². The topological polar surface area (TPSA) is 41.1 Å². The maximum atomic E-state index is 13.9. The number of rotatable bonds is 8. The molecule has 0 amide bonds. The van der Waals surface area contributed by atoms with Crippen LogP contribution < -0.4 is 10.6 Å². The third-order valence-electron chi connectivity index (χ3n) is 6.94. The quantitative estimate of drug-likeness (QED) is 0.313. The van der Waals surface area contributed by atoms with Crippen LogP contribution in [0.15, 0.2) is 83.8 Å². The van der Waals surface area contributed by atoms with Gasteiger partial charge in [0.1, 0.15) is 6.67 Å². The van der Waals surface area contributed by atoms with Crippen molar-refractivity contribution in [2.45, 2.75) is 93.7 Å². The number of carbonyl (C=O) groups excluding carboxylic acids is 1. The van der Waals surface area contributed by atoms with E-state index in [9.17, 15) is 9.18 Å². The highest BCUT2D eigenvalue weighted by molar-refractivity contribution is 6.03. The van der Waals surface area contributed by atoms with Crippen molar-refractivity contribution in [1.82, 2.24) is 10.6 Å². The fraction of sp³-hybridized carbons (Fsp3) is 0.559. The van der Waals surface area contributed by atoms with Crippen LogP contribution in [-0.4, -0.2) is 24.5 Å². The monoisotopic (exact) mass is 524 g/mol. The van der Waals surface area contributed by atoms with Crippen LogP contribution in [0.2, 0.25) is 0 Å². The van der Waals surface area contributed by atoms with Crippen LogP contribution in [0.4, 0.5) is 4.39 Å². The lowest BCUT2D eigenvalue weighted by molar-refractivity contribution is -0.117. The van der Waals surface area contributed by atoms with Crippen molar-refractivity contribution in [2.24, 2.45) is 23.2 Å². The molecule has 0 saturated carbocycles. The van der Waals surface area contributed by atoms with E-state index in [4.69, 9.17) is 0 Å². The highest BCUT2D eigenvalue weighted by Crippen LogP contribution is 2.54. The van der Waals surface area contributed by atoms with Gasteiger partial charge in [-0.15, -0.1) is 0 Å². The molecule has 0 unspecified atom stereocenters. The molecule has 2 N–H and O–H groups in total. The molecule has 0 aromatic rings. The zero-order valence-corrected chi connectivity index (χ0v) is 25.6. The van der Waals surface area contributed by atoms with E-state index >= 15 is 0 Å². The average molecular weight is 525 g/mol. The molecule has 3 aliphatic rings. The second-order valence-corrected chi connectivity index (χ2v) is 12.0. The molecule has 0 spiro atoms. The van der Waals surface area contributed by atoms with Crippen LogP contribution in [0.3, 0.4) is 0 Å². The number of halogens is 1. The van der Waals surface area contributed by atoms with E-state index in [0.717, 1.165) is 52.2 Å². The predicted octanol–water partition coefficient (Wildman–Crippen LogP) is 8.56. The Balaban J connectivity index is 0.000000923. The minimum absolute atomic E-state index is 0.142. The largest absolute Gasteiger partial charge is 0.381 e. The SMILES string of the molecule is C=C(C)C(=C)[C@H](CF)C1=CN[C@@H](C2=CC[C@@](CC(C)C)(C3=CN[C@@H](C)C3=O)C2=C)C1=C.CC(C)C.CCC. The number of alkyl halides is 1. The number of Topliss-reactive ketones (excluding diaryl/α,β-unsaturated/α-hetero) is 1. The third kappa shape index (κ3) is 7.48. The number of hydrogen-bond donors (Lipinski definition) is 2. The lowest BCUT2D eigenvalue weighted by atomic mass is 9.67. The zero-order chi connectivity index (χ0) is 29.4. The van der Waals surface area contributed by atoms with E-state index < -0.39 is 18.0 Å². The Kier molecular flexibility index (Phi) is 12.8. The Labute approximate surface area is 232 Å². The minimum Gasteiger partial charge on any atom is -0.381 e. The molecule has 3 rings (SSSR count). The molecule has 1 aliphatic carbocycles. The summed E-state index contributed by atoms with van der Waals surface area (Å²) in [6.07, 6.45) is 8.74. The molecule has 0 radical (unpaired) electrons. The van der Waals surface area contributed by atoms with Crippen molar-refractivity contribution in [3.05, 3.63) is 83.8 Å². The molecule has 38 heavy (non-hydrogen) atoms. The lowest BCUT2D eigenvalue weighted by Crippen LogP contribution is -2.33. The summed E-state index contributed by atoms with van der Waals surface area (Å²) in [5, 5.41) is 6.57. The number of carbonyl (C=O) groups is 1. The summed E-state index contributed by atoms with van der Waals surface area (Å²) < 4.78 is 13.9. The summed E-state index contributed by atoms with van der Waals surface area (Å²) in [4.78, 5) is 12.9. The van der Waals surface area contributed by atoms with Gasteiger partial charge in [-0.25, -0.2) is 0 Å². The first-order valence-corrected chi connectivity index (χ1v) is 14.2. The van der Waals surface area contributed by atoms with Gasteiger partial charge in [-0.3, -0.25) is 9.18 Å². The average Bonchev–Trinajstić information content (AvgIpc) is 3.45. The second-order valence-electron chi connectivity index (χ2n) is 12.0. The Morgan fingerprint density at radius 1 is 1.11 bits per heavy atom. The molecule has 2 heterocycles. The Morgan fingerprint density at radius 2 is 1.66 bits per heavy atom. The molecule has 0 aromatic heterocycles. The van der Waals surface area contributed by atoms with Crippen LogP contribution in [-0.2, 0) is 4.79 Å². The van der Waals surface area contributed by atoms with E-state index in [1.54, 1.807) is 0 Å². The normalized spacial score (nSPS) is 24.9. The van der Waals surface area contributed by atoms with Gasteiger partial charge in [0.15, 0.2) is 5.78 Å². The van der Waals surface area contributed by atoms with Gasteiger partial charge in [0.25, 0.3) is 0 Å². The number of allylic oxidation sites excluding steroid dienone is 3. The maximum Gasteiger partial charge on any atom is 0.183 e. The van der Waals surface area contributed by atoms with Crippen molar-refractivity contribution in [1.29, 1.82) is 0 Å².